The summed E-state index contributed by atoms with van der Waals surface area (Å²) in [6.07, 6.45) is 1.96. The molecule has 1 aliphatic heterocycles. The normalized spacial score (nSPS) is 22.1. The van der Waals surface area contributed by atoms with Gasteiger partial charge in [-0.3, -0.25) is 0 Å². The van der Waals surface area contributed by atoms with Crippen LogP contribution in [0.3, 0.4) is 0 Å². The van der Waals surface area contributed by atoms with Crippen LogP contribution >= 0.6 is 22.9 Å². The van der Waals surface area contributed by atoms with Crippen LogP contribution in [0.1, 0.15) is 6.42 Å². The molecule has 1 aliphatic rings. The highest BCUT2D eigenvalue weighted by Gasteiger charge is 2.24. The van der Waals surface area contributed by atoms with E-state index in [0.29, 0.717) is 19.6 Å². The van der Waals surface area contributed by atoms with Crippen LogP contribution in [0.25, 0.3) is 0 Å². The fourth-order valence-electron chi connectivity index (χ4n) is 1.27. The van der Waals surface area contributed by atoms with E-state index in [1.54, 1.807) is 0 Å². The average molecular weight is 269 g/mol. The molecule has 0 aromatic carbocycles. The molecule has 1 N–H and O–H groups in total. The van der Waals surface area contributed by atoms with E-state index in [1.807, 2.05) is 0 Å². The fourth-order valence-corrected chi connectivity index (χ4v) is 3.83. The molecule has 0 spiro atoms. The van der Waals surface area contributed by atoms with Crippen molar-refractivity contribution in [2.24, 2.45) is 0 Å². The number of sulfonamides is 1. The van der Waals surface area contributed by atoms with Crippen molar-refractivity contribution in [3.63, 3.8) is 0 Å². The molecule has 2 heterocycles. The monoisotopic (exact) mass is 268 g/mol. The summed E-state index contributed by atoms with van der Waals surface area (Å²) in [4.78, 5) is 3.69. The molecule has 0 amide bonds. The first kappa shape index (κ1) is 11.3. The van der Waals surface area contributed by atoms with Crippen LogP contribution in [0, 0.1) is 0 Å². The van der Waals surface area contributed by atoms with E-state index < -0.39 is 10.0 Å². The number of nitrogens with zero attached hydrogens (tertiary/aromatic N) is 1. The van der Waals surface area contributed by atoms with Gasteiger partial charge in [0.1, 0.15) is 0 Å². The molecule has 5 nitrogen and oxygen atoms in total. The molecule has 1 saturated heterocycles. The summed E-state index contributed by atoms with van der Waals surface area (Å²) >= 11 is 6.51. The molecule has 1 fully saturated rings. The van der Waals surface area contributed by atoms with Crippen molar-refractivity contribution in [2.75, 3.05) is 13.2 Å². The largest absolute Gasteiger partial charge is 0.380 e. The van der Waals surface area contributed by atoms with Crippen LogP contribution in [0.2, 0.25) is 4.47 Å². The number of nitrogens with one attached hydrogen (secondary N) is 1. The third-order valence-corrected chi connectivity index (χ3v) is 5.07. The number of rotatable bonds is 3. The van der Waals surface area contributed by atoms with Gasteiger partial charge in [-0.2, -0.15) is 0 Å². The van der Waals surface area contributed by atoms with Crippen molar-refractivity contribution >= 4 is 33.0 Å². The Kier molecular flexibility index (Phi) is 3.27. The summed E-state index contributed by atoms with van der Waals surface area (Å²) in [6.45, 7) is 1.02. The van der Waals surface area contributed by atoms with E-state index in [9.17, 15) is 8.42 Å². The molecule has 0 saturated carbocycles. The third-order valence-electron chi connectivity index (χ3n) is 1.97. The highest BCUT2D eigenvalue weighted by molar-refractivity contribution is 7.91. The first-order chi connectivity index (χ1) is 7.08. The van der Waals surface area contributed by atoms with Gasteiger partial charge in [-0.1, -0.05) is 22.9 Å². The Balaban J connectivity index is 2.12. The molecule has 0 radical (unpaired) electrons. The summed E-state index contributed by atoms with van der Waals surface area (Å²) in [7, 11) is -3.48. The average Bonchev–Trinajstić information content (AvgIpc) is 2.75. The summed E-state index contributed by atoms with van der Waals surface area (Å²) in [5.41, 5.74) is 0. The van der Waals surface area contributed by atoms with Crippen molar-refractivity contribution in [3.05, 3.63) is 10.7 Å². The minimum absolute atomic E-state index is 0.138. The highest BCUT2D eigenvalue weighted by atomic mass is 35.5. The zero-order valence-corrected chi connectivity index (χ0v) is 10.0. The molecular formula is C7H9ClN2O3S2. The summed E-state index contributed by atoms with van der Waals surface area (Å²) in [6, 6.07) is -0.143. The Morgan fingerprint density at radius 1 is 1.67 bits per heavy atom. The Labute approximate surface area is 96.5 Å². The number of hydrogen-bond donors (Lipinski definition) is 1. The standard InChI is InChI=1S/C7H9ClN2O3S2/c8-7-9-3-6(14-7)15(11,12)10-5-1-2-13-4-5/h3,5,10H,1-2,4H2. The van der Waals surface area contributed by atoms with Crippen LogP contribution in [0.4, 0.5) is 0 Å². The molecule has 15 heavy (non-hydrogen) atoms. The molecule has 1 atom stereocenters. The number of aromatic nitrogens is 1. The minimum atomic E-state index is -3.48. The van der Waals surface area contributed by atoms with E-state index in [1.165, 1.54) is 6.20 Å². The van der Waals surface area contributed by atoms with Crippen molar-refractivity contribution in [3.8, 4) is 0 Å². The molecule has 1 aromatic rings. The number of ether oxygens (including phenoxy) is 1. The summed E-state index contributed by atoms with van der Waals surface area (Å²) in [5, 5.41) is 0. The van der Waals surface area contributed by atoms with Gasteiger partial charge in [0.2, 0.25) is 0 Å². The van der Waals surface area contributed by atoms with E-state index in [0.717, 1.165) is 11.3 Å². The van der Waals surface area contributed by atoms with Crippen molar-refractivity contribution in [1.29, 1.82) is 0 Å². The number of hydrogen-bond acceptors (Lipinski definition) is 5. The molecule has 1 unspecified atom stereocenters. The maximum absolute atomic E-state index is 11.7. The van der Waals surface area contributed by atoms with Gasteiger partial charge in [0.15, 0.2) is 8.68 Å². The van der Waals surface area contributed by atoms with Gasteiger partial charge in [-0.05, 0) is 6.42 Å². The molecule has 8 heteroatoms. The number of thiazole rings is 1. The quantitative estimate of drug-likeness (QED) is 0.883. The maximum atomic E-state index is 11.7. The van der Waals surface area contributed by atoms with Gasteiger partial charge >= 0.3 is 0 Å². The van der Waals surface area contributed by atoms with Crippen LogP contribution in [0.5, 0.6) is 0 Å². The predicted octanol–water partition coefficient (Wildman–Crippen LogP) is 0.864. The van der Waals surface area contributed by atoms with E-state index >= 15 is 0 Å². The van der Waals surface area contributed by atoms with Crippen LogP contribution < -0.4 is 4.72 Å². The fraction of sp³-hybridized carbons (Fsp3) is 0.571. The Morgan fingerprint density at radius 3 is 3.00 bits per heavy atom. The number of halogens is 1. The lowest BCUT2D eigenvalue weighted by atomic mass is 10.3. The highest BCUT2D eigenvalue weighted by Crippen LogP contribution is 2.22. The van der Waals surface area contributed by atoms with Crippen molar-refractivity contribution < 1.29 is 13.2 Å². The molecule has 2 rings (SSSR count). The minimum Gasteiger partial charge on any atom is -0.380 e. The Morgan fingerprint density at radius 2 is 2.47 bits per heavy atom. The van der Waals surface area contributed by atoms with Crippen LogP contribution in [0.15, 0.2) is 10.4 Å². The van der Waals surface area contributed by atoms with Gasteiger partial charge in [0.05, 0.1) is 12.8 Å². The molecule has 0 aliphatic carbocycles. The van der Waals surface area contributed by atoms with Gasteiger partial charge in [-0.15, -0.1) is 0 Å². The zero-order valence-electron chi connectivity index (χ0n) is 7.64. The molecule has 1 aromatic heterocycles. The first-order valence-electron chi connectivity index (χ1n) is 4.29. The second-order valence-electron chi connectivity index (χ2n) is 3.11. The van der Waals surface area contributed by atoms with Crippen LogP contribution in [-0.2, 0) is 14.8 Å². The van der Waals surface area contributed by atoms with Gasteiger partial charge < -0.3 is 4.74 Å². The zero-order chi connectivity index (χ0) is 10.9. The summed E-state index contributed by atoms with van der Waals surface area (Å²) < 4.78 is 31.5. The van der Waals surface area contributed by atoms with Crippen LogP contribution in [-0.4, -0.2) is 32.7 Å². The topological polar surface area (TPSA) is 68.3 Å². The van der Waals surface area contributed by atoms with Gasteiger partial charge in [0, 0.05) is 12.6 Å². The van der Waals surface area contributed by atoms with Gasteiger partial charge in [0.25, 0.3) is 10.0 Å². The lowest BCUT2D eigenvalue weighted by Gasteiger charge is -2.08. The van der Waals surface area contributed by atoms with E-state index in [4.69, 9.17) is 16.3 Å². The molecule has 84 valence electrons. The first-order valence-corrected chi connectivity index (χ1v) is 6.97. The van der Waals surface area contributed by atoms with Gasteiger partial charge in [-0.25, -0.2) is 18.1 Å². The third kappa shape index (κ3) is 2.67. The smallest absolute Gasteiger partial charge is 0.252 e. The SMILES string of the molecule is O=S(=O)(NC1CCOC1)c1cnc(Cl)s1. The second-order valence-corrected chi connectivity index (χ2v) is 6.67. The lowest BCUT2D eigenvalue weighted by molar-refractivity contribution is 0.192. The Hall–Kier alpha value is -0.210. The van der Waals surface area contributed by atoms with Crippen molar-refractivity contribution in [1.82, 2.24) is 9.71 Å². The lowest BCUT2D eigenvalue weighted by Crippen LogP contribution is -2.34. The van der Waals surface area contributed by atoms with E-state index in [2.05, 4.69) is 9.71 Å². The second kappa shape index (κ2) is 4.34. The maximum Gasteiger partial charge on any atom is 0.252 e. The molecule has 0 bridgehead atoms. The summed E-state index contributed by atoms with van der Waals surface area (Å²) in [5.74, 6) is 0. The van der Waals surface area contributed by atoms with Crippen molar-refractivity contribution in [2.45, 2.75) is 16.7 Å². The Bertz CT molecular complexity index is 439. The van der Waals surface area contributed by atoms with E-state index in [-0.39, 0.29) is 14.7 Å². The predicted molar refractivity (Wildman–Crippen MR) is 56.7 cm³/mol. The molecular weight excluding hydrogens is 260 g/mol.